The normalized spacial score (nSPS) is 17.4. The van der Waals surface area contributed by atoms with Gasteiger partial charge in [0.2, 0.25) is 0 Å². The van der Waals surface area contributed by atoms with E-state index in [2.05, 4.69) is 34.7 Å². The molecule has 3 heteroatoms. The molecule has 0 aliphatic heterocycles. The van der Waals surface area contributed by atoms with E-state index in [0.717, 1.165) is 23.5 Å². The van der Waals surface area contributed by atoms with Gasteiger partial charge in [-0.05, 0) is 37.0 Å². The van der Waals surface area contributed by atoms with E-state index in [-0.39, 0.29) is 6.04 Å². The molecule has 1 unspecified atom stereocenters. The fraction of sp³-hybridized carbons (Fsp3) is 0.438. The Bertz CT molecular complexity index is 575. The standard InChI is InChI=1S/C16H21N3/c1-11-9-14(13-7-2-3-8-15(13)18-11)16(19-17)10-12-5-4-6-12/h2-3,7-9,12,16,19H,4-6,10,17H2,1H3. The highest BCUT2D eigenvalue weighted by atomic mass is 15.2. The Morgan fingerprint density at radius 2 is 2.16 bits per heavy atom. The minimum Gasteiger partial charge on any atom is -0.271 e. The maximum Gasteiger partial charge on any atom is 0.0708 e. The number of pyridine rings is 1. The Kier molecular flexibility index (Phi) is 3.49. The minimum atomic E-state index is 0.233. The van der Waals surface area contributed by atoms with Gasteiger partial charge in [0.15, 0.2) is 0 Å². The second kappa shape index (κ2) is 5.27. The summed E-state index contributed by atoms with van der Waals surface area (Å²) in [4.78, 5) is 4.60. The third-order valence-corrected chi connectivity index (χ3v) is 4.25. The lowest BCUT2D eigenvalue weighted by Gasteiger charge is -2.30. The summed E-state index contributed by atoms with van der Waals surface area (Å²) in [6.07, 6.45) is 5.20. The molecule has 100 valence electrons. The van der Waals surface area contributed by atoms with Crippen LogP contribution in [0.5, 0.6) is 0 Å². The quantitative estimate of drug-likeness (QED) is 0.651. The molecule has 3 nitrogen and oxygen atoms in total. The van der Waals surface area contributed by atoms with Crippen LogP contribution in [0, 0.1) is 12.8 Å². The molecule has 0 bridgehead atoms. The number of rotatable bonds is 4. The molecule has 1 saturated carbocycles. The predicted octanol–water partition coefficient (Wildman–Crippen LogP) is 3.24. The van der Waals surface area contributed by atoms with Crippen molar-refractivity contribution < 1.29 is 0 Å². The third kappa shape index (κ3) is 2.48. The van der Waals surface area contributed by atoms with Crippen LogP contribution in [0.4, 0.5) is 0 Å². The van der Waals surface area contributed by atoms with Crippen molar-refractivity contribution in [3.8, 4) is 0 Å². The van der Waals surface area contributed by atoms with Crippen LogP contribution in [0.1, 0.15) is 43.0 Å². The van der Waals surface area contributed by atoms with Crippen molar-refractivity contribution in [2.75, 3.05) is 0 Å². The van der Waals surface area contributed by atoms with Crippen LogP contribution in [-0.2, 0) is 0 Å². The molecule has 3 rings (SSSR count). The monoisotopic (exact) mass is 255 g/mol. The molecular formula is C16H21N3. The number of aryl methyl sites for hydroxylation is 1. The molecular weight excluding hydrogens is 234 g/mol. The first-order valence-electron chi connectivity index (χ1n) is 7.10. The van der Waals surface area contributed by atoms with Crippen molar-refractivity contribution in [3.05, 3.63) is 41.6 Å². The van der Waals surface area contributed by atoms with Gasteiger partial charge >= 0.3 is 0 Å². The molecule has 1 fully saturated rings. The van der Waals surface area contributed by atoms with Gasteiger partial charge in [-0.1, -0.05) is 37.5 Å². The number of nitrogens with one attached hydrogen (secondary N) is 1. The highest BCUT2D eigenvalue weighted by Gasteiger charge is 2.23. The van der Waals surface area contributed by atoms with E-state index in [0.29, 0.717) is 0 Å². The molecule has 1 aromatic carbocycles. The number of benzene rings is 1. The molecule has 2 aromatic rings. The average molecular weight is 255 g/mol. The Morgan fingerprint density at radius 1 is 1.37 bits per heavy atom. The van der Waals surface area contributed by atoms with E-state index in [1.807, 2.05) is 13.0 Å². The number of hydrogen-bond acceptors (Lipinski definition) is 3. The summed E-state index contributed by atoms with van der Waals surface area (Å²) in [5.74, 6) is 6.63. The summed E-state index contributed by atoms with van der Waals surface area (Å²) in [6.45, 7) is 2.05. The topological polar surface area (TPSA) is 50.9 Å². The van der Waals surface area contributed by atoms with Gasteiger partial charge < -0.3 is 0 Å². The van der Waals surface area contributed by atoms with Crippen molar-refractivity contribution >= 4 is 10.9 Å². The number of aromatic nitrogens is 1. The number of fused-ring (bicyclic) bond motifs is 1. The molecule has 1 heterocycles. The Hall–Kier alpha value is -1.45. The van der Waals surface area contributed by atoms with E-state index in [1.165, 1.54) is 30.2 Å². The molecule has 1 aromatic heterocycles. The summed E-state index contributed by atoms with van der Waals surface area (Å²) in [6, 6.07) is 10.7. The van der Waals surface area contributed by atoms with E-state index in [9.17, 15) is 0 Å². The second-order valence-electron chi connectivity index (χ2n) is 5.62. The van der Waals surface area contributed by atoms with Crippen molar-refractivity contribution in [1.29, 1.82) is 0 Å². The zero-order valence-corrected chi connectivity index (χ0v) is 11.4. The van der Waals surface area contributed by atoms with Crippen LogP contribution in [0.25, 0.3) is 10.9 Å². The van der Waals surface area contributed by atoms with Crippen LogP contribution >= 0.6 is 0 Å². The summed E-state index contributed by atoms with van der Waals surface area (Å²) in [5.41, 5.74) is 6.42. The van der Waals surface area contributed by atoms with Crippen molar-refractivity contribution in [2.45, 2.75) is 38.6 Å². The number of nitrogens with zero attached hydrogens (tertiary/aromatic N) is 1. The van der Waals surface area contributed by atoms with Crippen LogP contribution in [0.15, 0.2) is 30.3 Å². The highest BCUT2D eigenvalue weighted by Crippen LogP contribution is 2.36. The summed E-state index contributed by atoms with van der Waals surface area (Å²) < 4.78 is 0. The van der Waals surface area contributed by atoms with E-state index in [1.54, 1.807) is 0 Å². The Labute approximate surface area is 114 Å². The number of para-hydroxylation sites is 1. The van der Waals surface area contributed by atoms with E-state index < -0.39 is 0 Å². The Balaban J connectivity index is 2.00. The highest BCUT2D eigenvalue weighted by molar-refractivity contribution is 5.82. The van der Waals surface area contributed by atoms with Gasteiger partial charge in [0, 0.05) is 17.1 Å². The summed E-state index contributed by atoms with van der Waals surface area (Å²) >= 11 is 0. The summed E-state index contributed by atoms with van der Waals surface area (Å²) in [7, 11) is 0. The summed E-state index contributed by atoms with van der Waals surface area (Å²) in [5, 5.41) is 1.22. The first kappa shape index (κ1) is 12.6. The first-order chi connectivity index (χ1) is 9.28. The van der Waals surface area contributed by atoms with Crippen molar-refractivity contribution in [1.82, 2.24) is 10.4 Å². The van der Waals surface area contributed by atoms with Crippen molar-refractivity contribution in [3.63, 3.8) is 0 Å². The lowest BCUT2D eigenvalue weighted by molar-refractivity contribution is 0.262. The second-order valence-corrected chi connectivity index (χ2v) is 5.62. The molecule has 0 amide bonds. The van der Waals surface area contributed by atoms with Gasteiger partial charge in [0.25, 0.3) is 0 Å². The van der Waals surface area contributed by atoms with Gasteiger partial charge in [-0.25, -0.2) is 0 Å². The maximum absolute atomic E-state index is 5.80. The molecule has 0 spiro atoms. The SMILES string of the molecule is Cc1cc(C(CC2CCC2)NN)c2ccccc2n1. The zero-order valence-electron chi connectivity index (χ0n) is 11.4. The fourth-order valence-corrected chi connectivity index (χ4v) is 2.98. The zero-order chi connectivity index (χ0) is 13.2. The molecule has 19 heavy (non-hydrogen) atoms. The minimum absolute atomic E-state index is 0.233. The van der Waals surface area contributed by atoms with Crippen LogP contribution in [-0.4, -0.2) is 4.98 Å². The average Bonchev–Trinajstić information content (AvgIpc) is 2.37. The van der Waals surface area contributed by atoms with Gasteiger partial charge in [0.05, 0.1) is 5.52 Å². The lowest BCUT2D eigenvalue weighted by atomic mass is 9.79. The van der Waals surface area contributed by atoms with Crippen molar-refractivity contribution in [2.24, 2.45) is 11.8 Å². The van der Waals surface area contributed by atoms with Crippen LogP contribution in [0.3, 0.4) is 0 Å². The molecule has 1 atom stereocenters. The van der Waals surface area contributed by atoms with Gasteiger partial charge in [-0.15, -0.1) is 0 Å². The van der Waals surface area contributed by atoms with E-state index in [4.69, 9.17) is 5.84 Å². The van der Waals surface area contributed by atoms with Gasteiger partial charge in [-0.3, -0.25) is 16.3 Å². The molecule has 1 aliphatic carbocycles. The molecule has 0 saturated heterocycles. The number of hydrogen-bond donors (Lipinski definition) is 2. The van der Waals surface area contributed by atoms with Gasteiger partial charge in [-0.2, -0.15) is 0 Å². The smallest absolute Gasteiger partial charge is 0.0708 e. The van der Waals surface area contributed by atoms with Gasteiger partial charge in [0.1, 0.15) is 0 Å². The molecule has 1 aliphatic rings. The largest absolute Gasteiger partial charge is 0.271 e. The Morgan fingerprint density at radius 3 is 2.84 bits per heavy atom. The maximum atomic E-state index is 5.80. The number of hydrazine groups is 1. The van der Waals surface area contributed by atoms with Crippen LogP contribution in [0.2, 0.25) is 0 Å². The first-order valence-corrected chi connectivity index (χ1v) is 7.10. The molecule has 3 N–H and O–H groups in total. The third-order valence-electron chi connectivity index (χ3n) is 4.25. The lowest BCUT2D eigenvalue weighted by Crippen LogP contribution is -2.31. The van der Waals surface area contributed by atoms with E-state index >= 15 is 0 Å². The number of nitrogens with two attached hydrogens (primary N) is 1. The predicted molar refractivity (Wildman–Crippen MR) is 78.5 cm³/mol. The fourth-order valence-electron chi connectivity index (χ4n) is 2.98. The molecule has 0 radical (unpaired) electrons. The van der Waals surface area contributed by atoms with Crippen LogP contribution < -0.4 is 11.3 Å².